The maximum atomic E-state index is 5.28. The molecule has 2 aromatic rings. The molecule has 1 N–H and O–H groups in total. The van der Waals surface area contributed by atoms with Crippen LogP contribution >= 0.6 is 0 Å². The van der Waals surface area contributed by atoms with Gasteiger partial charge in [-0.2, -0.15) is 5.10 Å². The van der Waals surface area contributed by atoms with Gasteiger partial charge in [-0.15, -0.1) is 0 Å². The van der Waals surface area contributed by atoms with E-state index < -0.39 is 0 Å². The third kappa shape index (κ3) is 2.02. The van der Waals surface area contributed by atoms with E-state index in [4.69, 9.17) is 4.74 Å². The van der Waals surface area contributed by atoms with Crippen LogP contribution in [0.2, 0.25) is 0 Å². The fourth-order valence-electron chi connectivity index (χ4n) is 0.841. The fourth-order valence-corrected chi connectivity index (χ4v) is 0.841. The van der Waals surface area contributed by atoms with Crippen molar-refractivity contribution in [2.45, 2.75) is 6.61 Å². The van der Waals surface area contributed by atoms with Crippen LogP contribution in [0.5, 0.6) is 5.75 Å². The summed E-state index contributed by atoms with van der Waals surface area (Å²) in [6, 6.07) is 0. The molecule has 0 aliphatic carbocycles. The monoisotopic (exact) mass is 175 g/mol. The topological polar surface area (TPSA) is 63.7 Å². The number of H-pyrrole nitrogens is 1. The lowest BCUT2D eigenvalue weighted by atomic mass is 10.5. The molecule has 0 aliphatic rings. The first-order valence-electron chi connectivity index (χ1n) is 3.74. The van der Waals surface area contributed by atoms with Crippen LogP contribution in [0.4, 0.5) is 0 Å². The average molecular weight is 175 g/mol. The van der Waals surface area contributed by atoms with Gasteiger partial charge in [-0.3, -0.25) is 15.1 Å². The van der Waals surface area contributed by atoms with Crippen molar-refractivity contribution in [3.05, 3.63) is 36.7 Å². The Morgan fingerprint density at radius 3 is 3.15 bits per heavy atom. The van der Waals surface area contributed by atoms with Gasteiger partial charge < -0.3 is 4.74 Å². The zero-order valence-electron chi connectivity index (χ0n) is 6.77. The van der Waals surface area contributed by atoms with Gasteiger partial charge in [0.05, 0.1) is 18.1 Å². The number of hydrogen-bond donors (Lipinski definition) is 1. The lowest BCUT2D eigenvalue weighted by Gasteiger charge is -2.00. The standard InChI is InChI=1S/C8H7N4O/c1-2-10-7(3-9-1)6-13-8-4-11-12-5-8/h1-4H,6H2,(H,11,12). The maximum Gasteiger partial charge on any atom is 0.167 e. The third-order valence-corrected chi connectivity index (χ3v) is 1.42. The zero-order chi connectivity index (χ0) is 8.93. The molecule has 0 saturated carbocycles. The second kappa shape index (κ2) is 3.66. The molecule has 0 unspecified atom stereocenters. The first kappa shape index (κ1) is 7.72. The summed E-state index contributed by atoms with van der Waals surface area (Å²) in [6.07, 6.45) is 9.15. The Morgan fingerprint density at radius 2 is 2.46 bits per heavy atom. The molecule has 13 heavy (non-hydrogen) atoms. The summed E-state index contributed by atoms with van der Waals surface area (Å²) in [4.78, 5) is 7.95. The quantitative estimate of drug-likeness (QED) is 0.741. The summed E-state index contributed by atoms with van der Waals surface area (Å²) in [7, 11) is 0. The van der Waals surface area contributed by atoms with E-state index in [2.05, 4.69) is 26.4 Å². The molecule has 2 aromatic heterocycles. The number of hydrogen-bond acceptors (Lipinski definition) is 4. The van der Waals surface area contributed by atoms with Crippen LogP contribution in [-0.4, -0.2) is 20.2 Å². The van der Waals surface area contributed by atoms with Crippen LogP contribution < -0.4 is 4.74 Å². The molecule has 0 saturated heterocycles. The molecule has 0 aliphatic heterocycles. The van der Waals surface area contributed by atoms with Crippen molar-refractivity contribution in [1.82, 2.24) is 20.2 Å². The Labute approximate surface area is 74.8 Å². The van der Waals surface area contributed by atoms with Gasteiger partial charge in [0.2, 0.25) is 0 Å². The summed E-state index contributed by atoms with van der Waals surface area (Å²) in [5, 5.41) is 6.22. The molecule has 0 bridgehead atoms. The summed E-state index contributed by atoms with van der Waals surface area (Å²) in [6.45, 7) is 0.379. The second-order valence-corrected chi connectivity index (χ2v) is 2.35. The summed E-state index contributed by atoms with van der Waals surface area (Å²) in [5.74, 6) is 0.575. The third-order valence-electron chi connectivity index (χ3n) is 1.42. The highest BCUT2D eigenvalue weighted by atomic mass is 16.5. The van der Waals surface area contributed by atoms with E-state index in [0.29, 0.717) is 12.4 Å². The molecular weight excluding hydrogens is 168 g/mol. The van der Waals surface area contributed by atoms with Crippen LogP contribution in [-0.2, 0) is 6.61 Å². The van der Waals surface area contributed by atoms with Crippen molar-refractivity contribution in [2.24, 2.45) is 0 Å². The van der Waals surface area contributed by atoms with Crippen molar-refractivity contribution < 1.29 is 4.74 Å². The SMILES string of the molecule is [c]1n[nH]cc1OCc1cnccn1. The van der Waals surface area contributed by atoms with E-state index in [1.54, 1.807) is 24.8 Å². The molecular formula is C8H7N4O. The number of aromatic amines is 1. The molecule has 1 radical (unpaired) electrons. The molecule has 65 valence electrons. The van der Waals surface area contributed by atoms with Crippen molar-refractivity contribution in [3.63, 3.8) is 0 Å². The van der Waals surface area contributed by atoms with Crippen LogP contribution in [0, 0.1) is 6.20 Å². The van der Waals surface area contributed by atoms with E-state index in [9.17, 15) is 0 Å². The number of nitrogens with one attached hydrogen (secondary N) is 1. The van der Waals surface area contributed by atoms with Gasteiger partial charge in [-0.05, 0) is 0 Å². The van der Waals surface area contributed by atoms with Gasteiger partial charge in [-0.1, -0.05) is 0 Å². The van der Waals surface area contributed by atoms with Crippen molar-refractivity contribution in [2.75, 3.05) is 0 Å². The van der Waals surface area contributed by atoms with Crippen molar-refractivity contribution in [1.29, 1.82) is 0 Å². The van der Waals surface area contributed by atoms with Crippen LogP contribution in [0.3, 0.4) is 0 Å². The number of ether oxygens (including phenoxy) is 1. The summed E-state index contributed by atoms with van der Waals surface area (Å²) in [5.41, 5.74) is 0.775. The largest absolute Gasteiger partial charge is 0.483 e. The lowest BCUT2D eigenvalue weighted by Crippen LogP contribution is -1.97. The van der Waals surface area contributed by atoms with E-state index in [-0.39, 0.29) is 0 Å². The highest BCUT2D eigenvalue weighted by molar-refractivity contribution is 5.09. The molecule has 0 aromatic carbocycles. The van der Waals surface area contributed by atoms with Gasteiger partial charge in [0.1, 0.15) is 6.61 Å². The van der Waals surface area contributed by atoms with E-state index in [0.717, 1.165) is 5.69 Å². The van der Waals surface area contributed by atoms with Crippen LogP contribution in [0.25, 0.3) is 0 Å². The van der Waals surface area contributed by atoms with E-state index >= 15 is 0 Å². The normalized spacial score (nSPS) is 9.85. The zero-order valence-corrected chi connectivity index (χ0v) is 6.77. The van der Waals surface area contributed by atoms with Crippen molar-refractivity contribution in [3.8, 4) is 5.75 Å². The summed E-state index contributed by atoms with van der Waals surface area (Å²) >= 11 is 0. The van der Waals surface area contributed by atoms with Crippen LogP contribution in [0.15, 0.2) is 24.8 Å². The highest BCUT2D eigenvalue weighted by Gasteiger charge is 1.97. The Balaban J connectivity index is 1.94. The van der Waals surface area contributed by atoms with Gasteiger partial charge in [0.15, 0.2) is 11.9 Å². The minimum Gasteiger partial charge on any atom is -0.483 e. The smallest absolute Gasteiger partial charge is 0.167 e. The summed E-state index contributed by atoms with van der Waals surface area (Å²) < 4.78 is 5.28. The molecule has 5 nitrogen and oxygen atoms in total. The maximum absolute atomic E-state index is 5.28. The van der Waals surface area contributed by atoms with Gasteiger partial charge >= 0.3 is 0 Å². The molecule has 0 fully saturated rings. The number of nitrogens with zero attached hydrogens (tertiary/aromatic N) is 3. The minimum absolute atomic E-state index is 0.379. The predicted molar refractivity (Wildman–Crippen MR) is 43.8 cm³/mol. The fraction of sp³-hybridized carbons (Fsp3) is 0.125. The van der Waals surface area contributed by atoms with Crippen LogP contribution in [0.1, 0.15) is 5.69 Å². The van der Waals surface area contributed by atoms with E-state index in [1.807, 2.05) is 0 Å². The molecule has 0 atom stereocenters. The highest BCUT2D eigenvalue weighted by Crippen LogP contribution is 2.05. The Hall–Kier alpha value is -1.91. The Kier molecular flexibility index (Phi) is 2.18. The lowest BCUT2D eigenvalue weighted by molar-refractivity contribution is 0.300. The first-order chi connectivity index (χ1) is 6.45. The first-order valence-corrected chi connectivity index (χ1v) is 3.74. The molecule has 5 heteroatoms. The van der Waals surface area contributed by atoms with Gasteiger partial charge in [-0.25, -0.2) is 0 Å². The number of aromatic nitrogens is 4. The molecule has 2 rings (SSSR count). The van der Waals surface area contributed by atoms with Gasteiger partial charge in [0.25, 0.3) is 0 Å². The second-order valence-electron chi connectivity index (χ2n) is 2.35. The Bertz CT molecular complexity index is 346. The average Bonchev–Trinajstić information content (AvgIpc) is 2.69. The van der Waals surface area contributed by atoms with Gasteiger partial charge in [0, 0.05) is 12.4 Å². The number of rotatable bonds is 3. The Morgan fingerprint density at radius 1 is 1.46 bits per heavy atom. The minimum atomic E-state index is 0.379. The molecule has 2 heterocycles. The van der Waals surface area contributed by atoms with Crippen molar-refractivity contribution >= 4 is 0 Å². The van der Waals surface area contributed by atoms with E-state index in [1.165, 1.54) is 0 Å². The molecule has 0 spiro atoms. The predicted octanol–water partition coefficient (Wildman–Crippen LogP) is 0.579. The molecule has 0 amide bonds.